The van der Waals surface area contributed by atoms with E-state index in [2.05, 4.69) is 10.3 Å². The van der Waals surface area contributed by atoms with Crippen LogP contribution in [0.2, 0.25) is 5.02 Å². The highest BCUT2D eigenvalue weighted by atomic mass is 35.5. The Bertz CT molecular complexity index is 868. The summed E-state index contributed by atoms with van der Waals surface area (Å²) in [6.07, 6.45) is 3.09. The zero-order valence-corrected chi connectivity index (χ0v) is 14.8. The van der Waals surface area contributed by atoms with Gasteiger partial charge in [-0.25, -0.2) is 8.42 Å². The van der Waals surface area contributed by atoms with Crippen molar-refractivity contribution in [3.05, 3.63) is 53.3 Å². The molecule has 1 saturated heterocycles. The van der Waals surface area contributed by atoms with Crippen molar-refractivity contribution >= 4 is 33.2 Å². The second-order valence-corrected chi connectivity index (χ2v) is 7.67. The predicted molar refractivity (Wildman–Crippen MR) is 93.2 cm³/mol. The lowest BCUT2D eigenvalue weighted by Crippen LogP contribution is -2.40. The molecule has 9 heteroatoms. The van der Waals surface area contributed by atoms with Crippen LogP contribution in [0.15, 0.2) is 47.6 Å². The average Bonchev–Trinajstić information content (AvgIpc) is 2.63. The second kappa shape index (κ2) is 7.49. The van der Waals surface area contributed by atoms with Crippen molar-refractivity contribution in [2.75, 3.05) is 31.6 Å². The van der Waals surface area contributed by atoms with Gasteiger partial charge in [-0.1, -0.05) is 11.6 Å². The lowest BCUT2D eigenvalue weighted by Gasteiger charge is -2.26. The number of halogens is 1. The van der Waals surface area contributed by atoms with Crippen LogP contribution in [-0.2, 0) is 14.8 Å². The Balaban J connectivity index is 1.88. The number of morpholine rings is 1. The Morgan fingerprint density at radius 3 is 2.68 bits per heavy atom. The Kier molecular flexibility index (Phi) is 5.33. The quantitative estimate of drug-likeness (QED) is 0.875. The van der Waals surface area contributed by atoms with Gasteiger partial charge in [-0.3, -0.25) is 9.78 Å². The van der Waals surface area contributed by atoms with Crippen molar-refractivity contribution in [2.24, 2.45) is 0 Å². The molecule has 0 spiro atoms. The van der Waals surface area contributed by atoms with Crippen LogP contribution in [0.5, 0.6) is 0 Å². The second-order valence-electron chi connectivity index (χ2n) is 5.36. The molecule has 0 bridgehead atoms. The van der Waals surface area contributed by atoms with Crippen molar-refractivity contribution in [3.63, 3.8) is 0 Å². The molecule has 1 aromatic heterocycles. The molecule has 25 heavy (non-hydrogen) atoms. The Hall–Kier alpha value is -2.00. The van der Waals surface area contributed by atoms with Gasteiger partial charge in [0.1, 0.15) is 4.90 Å². The molecule has 0 saturated carbocycles. The Morgan fingerprint density at radius 2 is 2.00 bits per heavy atom. The predicted octanol–water partition coefficient (Wildman–Crippen LogP) is 2.01. The summed E-state index contributed by atoms with van der Waals surface area (Å²) in [7, 11) is -3.79. The minimum Gasteiger partial charge on any atom is -0.379 e. The minimum atomic E-state index is -3.79. The zero-order chi connectivity index (χ0) is 17.9. The van der Waals surface area contributed by atoms with Crippen LogP contribution in [0.1, 0.15) is 10.4 Å². The molecule has 1 fully saturated rings. The Morgan fingerprint density at radius 1 is 1.24 bits per heavy atom. The number of hydrogen-bond acceptors (Lipinski definition) is 5. The lowest BCUT2D eigenvalue weighted by molar-refractivity contribution is 0.0730. The molecule has 2 aromatic rings. The molecule has 1 amide bonds. The number of benzene rings is 1. The smallest absolute Gasteiger partial charge is 0.255 e. The highest BCUT2D eigenvalue weighted by molar-refractivity contribution is 7.89. The number of nitrogens with one attached hydrogen (secondary N) is 1. The summed E-state index contributed by atoms with van der Waals surface area (Å²) in [5, 5.41) is 2.74. The van der Waals surface area contributed by atoms with Gasteiger partial charge in [0.05, 0.1) is 30.1 Å². The van der Waals surface area contributed by atoms with E-state index in [0.717, 1.165) is 0 Å². The number of pyridine rings is 1. The summed E-state index contributed by atoms with van der Waals surface area (Å²) in [6, 6.07) is 7.55. The normalized spacial score (nSPS) is 15.7. The fourth-order valence-corrected chi connectivity index (χ4v) is 4.32. The molecule has 1 aromatic carbocycles. The van der Waals surface area contributed by atoms with Crippen LogP contribution in [0, 0.1) is 0 Å². The first kappa shape index (κ1) is 17.8. The van der Waals surface area contributed by atoms with E-state index in [4.69, 9.17) is 16.3 Å². The molecule has 1 aliphatic heterocycles. The summed E-state index contributed by atoms with van der Waals surface area (Å²) in [6.45, 7) is 1.17. The third-order valence-corrected chi connectivity index (χ3v) is 6.08. The van der Waals surface area contributed by atoms with Crippen LogP contribution >= 0.6 is 11.6 Å². The lowest BCUT2D eigenvalue weighted by atomic mass is 10.2. The van der Waals surface area contributed by atoms with Crippen LogP contribution < -0.4 is 5.32 Å². The van der Waals surface area contributed by atoms with E-state index in [9.17, 15) is 13.2 Å². The van der Waals surface area contributed by atoms with Crippen molar-refractivity contribution in [3.8, 4) is 0 Å². The van der Waals surface area contributed by atoms with E-state index in [1.807, 2.05) is 0 Å². The van der Waals surface area contributed by atoms with Crippen molar-refractivity contribution in [2.45, 2.75) is 4.90 Å². The summed E-state index contributed by atoms with van der Waals surface area (Å²) >= 11 is 6.09. The Labute approximate surface area is 150 Å². The van der Waals surface area contributed by atoms with E-state index in [1.54, 1.807) is 18.3 Å². The highest BCUT2D eigenvalue weighted by Gasteiger charge is 2.29. The maximum Gasteiger partial charge on any atom is 0.255 e. The molecule has 1 aliphatic rings. The third-order valence-electron chi connectivity index (χ3n) is 3.70. The first-order valence-electron chi connectivity index (χ1n) is 7.57. The molecular formula is C16H16ClN3O4S. The van der Waals surface area contributed by atoms with Gasteiger partial charge >= 0.3 is 0 Å². The molecule has 3 rings (SSSR count). The molecular weight excluding hydrogens is 366 g/mol. The number of carbonyl (C=O) groups is 1. The number of carbonyl (C=O) groups excluding carboxylic acids is 1. The highest BCUT2D eigenvalue weighted by Crippen LogP contribution is 2.26. The number of anilines is 1. The van der Waals surface area contributed by atoms with Gasteiger partial charge in [-0.05, 0) is 30.3 Å². The molecule has 2 heterocycles. The summed E-state index contributed by atoms with van der Waals surface area (Å²) in [5.41, 5.74) is 0.708. The number of aromatic nitrogens is 1. The van der Waals surface area contributed by atoms with E-state index in [1.165, 1.54) is 28.7 Å². The number of nitrogens with zero attached hydrogens (tertiary/aromatic N) is 2. The van der Waals surface area contributed by atoms with Crippen molar-refractivity contribution in [1.29, 1.82) is 0 Å². The van der Waals surface area contributed by atoms with Gasteiger partial charge in [0.15, 0.2) is 0 Å². The maximum absolute atomic E-state index is 12.8. The van der Waals surface area contributed by atoms with Gasteiger partial charge < -0.3 is 10.1 Å². The zero-order valence-electron chi connectivity index (χ0n) is 13.2. The molecule has 0 atom stereocenters. The first-order valence-corrected chi connectivity index (χ1v) is 9.39. The monoisotopic (exact) mass is 381 g/mol. The van der Waals surface area contributed by atoms with Gasteiger partial charge in [0.25, 0.3) is 5.91 Å². The van der Waals surface area contributed by atoms with E-state index >= 15 is 0 Å². The number of sulfonamides is 1. The van der Waals surface area contributed by atoms with Gasteiger partial charge in [0.2, 0.25) is 10.0 Å². The van der Waals surface area contributed by atoms with Gasteiger partial charge in [-0.2, -0.15) is 4.31 Å². The number of hydrogen-bond donors (Lipinski definition) is 1. The van der Waals surface area contributed by atoms with E-state index in [-0.39, 0.29) is 28.6 Å². The van der Waals surface area contributed by atoms with Crippen LogP contribution in [0.4, 0.5) is 5.69 Å². The molecule has 0 aliphatic carbocycles. The topological polar surface area (TPSA) is 88.6 Å². The molecule has 0 radical (unpaired) electrons. The molecule has 0 unspecified atom stereocenters. The summed E-state index contributed by atoms with van der Waals surface area (Å²) < 4.78 is 32.1. The SMILES string of the molecule is O=C(Nc1cccnc1)c1ccc(Cl)c(S(=O)(=O)N2CCOCC2)c1. The molecule has 7 nitrogen and oxygen atoms in total. The van der Waals surface area contributed by atoms with Gasteiger partial charge in [0, 0.05) is 24.8 Å². The maximum atomic E-state index is 12.8. The number of rotatable bonds is 4. The fourth-order valence-electron chi connectivity index (χ4n) is 2.41. The average molecular weight is 382 g/mol. The van der Waals surface area contributed by atoms with E-state index < -0.39 is 15.9 Å². The molecule has 1 N–H and O–H groups in total. The fraction of sp³-hybridized carbons (Fsp3) is 0.250. The van der Waals surface area contributed by atoms with Crippen LogP contribution in [0.3, 0.4) is 0 Å². The standard InChI is InChI=1S/C16H16ClN3O4S/c17-14-4-3-12(16(21)19-13-2-1-5-18-11-13)10-15(14)25(22,23)20-6-8-24-9-7-20/h1-5,10-11H,6-9H2,(H,19,21). The van der Waals surface area contributed by atoms with Crippen molar-refractivity contribution < 1.29 is 17.9 Å². The van der Waals surface area contributed by atoms with Crippen LogP contribution in [-0.4, -0.2) is 49.9 Å². The summed E-state index contributed by atoms with van der Waals surface area (Å²) in [4.78, 5) is 16.2. The third kappa shape index (κ3) is 3.98. The van der Waals surface area contributed by atoms with Crippen molar-refractivity contribution in [1.82, 2.24) is 9.29 Å². The van der Waals surface area contributed by atoms with Crippen LogP contribution in [0.25, 0.3) is 0 Å². The first-order chi connectivity index (χ1) is 12.0. The molecule has 132 valence electrons. The number of ether oxygens (including phenoxy) is 1. The number of amides is 1. The summed E-state index contributed by atoms with van der Waals surface area (Å²) in [5.74, 6) is -0.442. The largest absolute Gasteiger partial charge is 0.379 e. The van der Waals surface area contributed by atoms with E-state index in [0.29, 0.717) is 18.9 Å². The van der Waals surface area contributed by atoms with Gasteiger partial charge in [-0.15, -0.1) is 0 Å². The minimum absolute atomic E-state index is 0.0735.